The van der Waals surface area contributed by atoms with Gasteiger partial charge >= 0.3 is 6.03 Å². The van der Waals surface area contributed by atoms with E-state index in [9.17, 15) is 9.59 Å². The standard InChI is InChI=1S/C15H22N4O2.ClH/c16-15(21)18-8-2-1-5-14(20)19-12-6-7-13-11(10-12)4-3-9-17-13;/h6-7,10,17H,1-5,8-9H2,(H,19,20)(H3,16,18,21);1H. The Labute approximate surface area is 136 Å². The van der Waals surface area contributed by atoms with Gasteiger partial charge in [-0.05, 0) is 49.4 Å². The van der Waals surface area contributed by atoms with Gasteiger partial charge in [0.2, 0.25) is 5.91 Å². The van der Waals surface area contributed by atoms with E-state index >= 15 is 0 Å². The lowest BCUT2D eigenvalue weighted by atomic mass is 10.0. The van der Waals surface area contributed by atoms with Crippen molar-refractivity contribution in [3.8, 4) is 0 Å². The van der Waals surface area contributed by atoms with Crippen molar-refractivity contribution in [3.63, 3.8) is 0 Å². The molecular weight excluding hydrogens is 304 g/mol. The van der Waals surface area contributed by atoms with Gasteiger partial charge < -0.3 is 21.7 Å². The summed E-state index contributed by atoms with van der Waals surface area (Å²) in [7, 11) is 0. The molecule has 1 aromatic rings. The summed E-state index contributed by atoms with van der Waals surface area (Å²) in [5, 5.41) is 8.76. The molecule has 0 spiro atoms. The van der Waals surface area contributed by atoms with Crippen molar-refractivity contribution in [2.75, 3.05) is 23.7 Å². The molecule has 0 saturated carbocycles. The number of benzene rings is 1. The second-order valence-electron chi connectivity index (χ2n) is 5.20. The Bertz CT molecular complexity index is 522. The van der Waals surface area contributed by atoms with Gasteiger partial charge in [-0.15, -0.1) is 12.4 Å². The minimum absolute atomic E-state index is 0. The van der Waals surface area contributed by atoms with Crippen molar-refractivity contribution in [2.45, 2.75) is 32.1 Å². The van der Waals surface area contributed by atoms with Gasteiger partial charge in [0.15, 0.2) is 0 Å². The molecule has 1 aliphatic rings. The molecule has 122 valence electrons. The molecule has 0 unspecified atom stereocenters. The number of anilines is 2. The predicted octanol–water partition coefficient (Wildman–Crippen LogP) is 2.24. The Morgan fingerprint density at radius 3 is 2.86 bits per heavy atom. The van der Waals surface area contributed by atoms with Crippen LogP contribution in [-0.2, 0) is 11.2 Å². The van der Waals surface area contributed by atoms with E-state index in [-0.39, 0.29) is 18.3 Å². The van der Waals surface area contributed by atoms with Gasteiger partial charge in [-0.1, -0.05) is 0 Å². The van der Waals surface area contributed by atoms with Crippen LogP contribution in [0, 0.1) is 0 Å². The fraction of sp³-hybridized carbons (Fsp3) is 0.467. The van der Waals surface area contributed by atoms with E-state index in [0.29, 0.717) is 13.0 Å². The molecule has 1 heterocycles. The monoisotopic (exact) mass is 326 g/mol. The minimum atomic E-state index is -0.526. The maximum absolute atomic E-state index is 11.8. The van der Waals surface area contributed by atoms with Crippen molar-refractivity contribution in [1.29, 1.82) is 0 Å². The molecule has 3 amide bonds. The number of rotatable bonds is 6. The molecule has 0 bridgehead atoms. The highest BCUT2D eigenvalue weighted by Crippen LogP contribution is 2.25. The summed E-state index contributed by atoms with van der Waals surface area (Å²) in [4.78, 5) is 22.3. The summed E-state index contributed by atoms with van der Waals surface area (Å²) in [6, 6.07) is 5.45. The van der Waals surface area contributed by atoms with E-state index < -0.39 is 6.03 Å². The van der Waals surface area contributed by atoms with Gasteiger partial charge in [0.1, 0.15) is 0 Å². The lowest BCUT2D eigenvalue weighted by molar-refractivity contribution is -0.116. The first-order valence-corrected chi connectivity index (χ1v) is 7.35. The number of carbonyl (C=O) groups excluding carboxylic acids is 2. The van der Waals surface area contributed by atoms with Crippen molar-refractivity contribution in [3.05, 3.63) is 23.8 Å². The van der Waals surface area contributed by atoms with Gasteiger partial charge in [-0.2, -0.15) is 0 Å². The van der Waals surface area contributed by atoms with Gasteiger partial charge in [-0.3, -0.25) is 4.79 Å². The second kappa shape index (κ2) is 9.15. The number of halogens is 1. The van der Waals surface area contributed by atoms with Gasteiger partial charge in [0.05, 0.1) is 0 Å². The normalized spacial score (nSPS) is 12.4. The van der Waals surface area contributed by atoms with Crippen LogP contribution in [0.5, 0.6) is 0 Å². The van der Waals surface area contributed by atoms with Crippen molar-refractivity contribution in [1.82, 2.24) is 5.32 Å². The number of nitrogens with two attached hydrogens (primary N) is 1. The zero-order chi connectivity index (χ0) is 15.1. The maximum atomic E-state index is 11.8. The van der Waals surface area contributed by atoms with Crippen molar-refractivity contribution < 1.29 is 9.59 Å². The summed E-state index contributed by atoms with van der Waals surface area (Å²) in [6.07, 6.45) is 4.07. The molecule has 1 aliphatic heterocycles. The lowest BCUT2D eigenvalue weighted by Gasteiger charge is -2.18. The average Bonchev–Trinajstić information content (AvgIpc) is 2.46. The van der Waals surface area contributed by atoms with Crippen LogP contribution >= 0.6 is 12.4 Å². The molecule has 0 radical (unpaired) electrons. The first-order valence-electron chi connectivity index (χ1n) is 7.35. The Morgan fingerprint density at radius 1 is 1.27 bits per heavy atom. The fourth-order valence-electron chi connectivity index (χ4n) is 2.40. The number of hydrogen-bond donors (Lipinski definition) is 4. The number of hydrogen-bond acceptors (Lipinski definition) is 3. The third kappa shape index (κ3) is 5.81. The largest absolute Gasteiger partial charge is 0.385 e. The topological polar surface area (TPSA) is 96.2 Å². The molecule has 0 aromatic heterocycles. The van der Waals surface area contributed by atoms with E-state index in [2.05, 4.69) is 16.0 Å². The first-order chi connectivity index (χ1) is 10.1. The highest BCUT2D eigenvalue weighted by molar-refractivity contribution is 5.91. The van der Waals surface area contributed by atoms with Gasteiger partial charge in [0.25, 0.3) is 0 Å². The molecule has 6 nitrogen and oxygen atoms in total. The zero-order valence-corrected chi connectivity index (χ0v) is 13.3. The summed E-state index contributed by atoms with van der Waals surface area (Å²) < 4.78 is 0. The first kappa shape index (κ1) is 18.1. The molecular formula is C15H23ClN4O2. The van der Waals surface area contributed by atoms with Crippen LogP contribution in [0.2, 0.25) is 0 Å². The molecule has 5 N–H and O–H groups in total. The van der Waals surface area contributed by atoms with Crippen LogP contribution in [0.3, 0.4) is 0 Å². The number of amides is 3. The van der Waals surface area contributed by atoms with Crippen LogP contribution in [0.1, 0.15) is 31.2 Å². The van der Waals surface area contributed by atoms with Crippen LogP contribution in [0.25, 0.3) is 0 Å². The molecule has 22 heavy (non-hydrogen) atoms. The number of nitrogens with one attached hydrogen (secondary N) is 3. The molecule has 0 atom stereocenters. The van der Waals surface area contributed by atoms with Crippen molar-refractivity contribution in [2.24, 2.45) is 5.73 Å². The molecule has 1 aromatic carbocycles. The van der Waals surface area contributed by atoms with Crippen LogP contribution < -0.4 is 21.7 Å². The zero-order valence-electron chi connectivity index (χ0n) is 12.5. The summed E-state index contributed by atoms with van der Waals surface area (Å²) in [6.45, 7) is 1.52. The Kier molecular flexibility index (Phi) is 7.52. The SMILES string of the molecule is Cl.NC(=O)NCCCCC(=O)Nc1ccc2c(c1)CCCN2. The molecule has 0 fully saturated rings. The highest BCUT2D eigenvalue weighted by Gasteiger charge is 2.10. The Balaban J connectivity index is 0.00000242. The lowest BCUT2D eigenvalue weighted by Crippen LogP contribution is -2.30. The van der Waals surface area contributed by atoms with Crippen LogP contribution in [-0.4, -0.2) is 25.0 Å². The summed E-state index contributed by atoms with van der Waals surface area (Å²) in [5.41, 5.74) is 8.22. The smallest absolute Gasteiger partial charge is 0.312 e. The summed E-state index contributed by atoms with van der Waals surface area (Å²) in [5.74, 6) is -0.00204. The molecule has 2 rings (SSSR count). The van der Waals surface area contributed by atoms with E-state index in [1.54, 1.807) is 0 Å². The van der Waals surface area contributed by atoms with E-state index in [4.69, 9.17) is 5.73 Å². The van der Waals surface area contributed by atoms with E-state index in [0.717, 1.165) is 43.6 Å². The van der Waals surface area contributed by atoms with Crippen molar-refractivity contribution >= 4 is 35.7 Å². The summed E-state index contributed by atoms with van der Waals surface area (Å²) >= 11 is 0. The molecule has 7 heteroatoms. The molecule has 0 aliphatic carbocycles. The van der Waals surface area contributed by atoms with Gasteiger partial charge in [0, 0.05) is 30.9 Å². The van der Waals surface area contributed by atoms with Crippen LogP contribution in [0.4, 0.5) is 16.2 Å². The molecule has 0 saturated heterocycles. The number of primary amides is 1. The number of fused-ring (bicyclic) bond motifs is 1. The van der Waals surface area contributed by atoms with E-state index in [1.165, 1.54) is 5.56 Å². The van der Waals surface area contributed by atoms with E-state index in [1.807, 2.05) is 18.2 Å². The average molecular weight is 327 g/mol. The van der Waals surface area contributed by atoms with Crippen LogP contribution in [0.15, 0.2) is 18.2 Å². The third-order valence-electron chi connectivity index (χ3n) is 3.46. The fourth-order valence-corrected chi connectivity index (χ4v) is 2.40. The number of urea groups is 1. The predicted molar refractivity (Wildman–Crippen MR) is 90.6 cm³/mol. The Morgan fingerprint density at radius 2 is 2.09 bits per heavy atom. The van der Waals surface area contributed by atoms with Gasteiger partial charge in [-0.25, -0.2) is 4.79 Å². The number of carbonyl (C=O) groups is 2. The minimum Gasteiger partial charge on any atom is -0.385 e. The highest BCUT2D eigenvalue weighted by atomic mass is 35.5. The Hall–Kier alpha value is -1.95. The maximum Gasteiger partial charge on any atom is 0.312 e. The number of unbranched alkanes of at least 4 members (excludes halogenated alkanes) is 1. The third-order valence-corrected chi connectivity index (χ3v) is 3.46. The second-order valence-corrected chi connectivity index (χ2v) is 5.20. The quantitative estimate of drug-likeness (QED) is 0.604. The number of aryl methyl sites for hydroxylation is 1.